The van der Waals surface area contributed by atoms with Gasteiger partial charge in [0.05, 0.1) is 6.54 Å². The molecule has 0 saturated heterocycles. The van der Waals surface area contributed by atoms with Crippen molar-refractivity contribution >= 4 is 22.5 Å². The molecule has 2 N–H and O–H groups in total. The highest BCUT2D eigenvalue weighted by atomic mass is 16.5. The van der Waals surface area contributed by atoms with Crippen LogP contribution in [0.1, 0.15) is 19.4 Å². The van der Waals surface area contributed by atoms with Crippen LogP contribution < -0.4 is 10.1 Å². The molecule has 152 valence electrons. The minimum atomic E-state index is -0.805. The molecule has 0 heterocycles. The number of rotatable bonds is 7. The average Bonchev–Trinajstić information content (AvgIpc) is 2.71. The van der Waals surface area contributed by atoms with Gasteiger partial charge in [0.25, 0.3) is 0 Å². The Morgan fingerprint density at radius 1 is 1.03 bits per heavy atom. The molecule has 0 aliphatic rings. The maximum absolute atomic E-state index is 12.7. The van der Waals surface area contributed by atoms with Crippen LogP contribution in [0.3, 0.4) is 0 Å². The van der Waals surface area contributed by atoms with Crippen molar-refractivity contribution < 1.29 is 14.6 Å². The van der Waals surface area contributed by atoms with E-state index in [2.05, 4.69) is 5.32 Å². The Labute approximate surface area is 171 Å². The number of ether oxygens (including phenoxy) is 1. The highest BCUT2D eigenvalue weighted by Gasteiger charge is 2.21. The molecule has 0 aliphatic carbocycles. The molecule has 1 unspecified atom stereocenters. The quantitative estimate of drug-likeness (QED) is 0.605. The van der Waals surface area contributed by atoms with E-state index >= 15 is 0 Å². The van der Waals surface area contributed by atoms with Crippen LogP contribution in [0.15, 0.2) is 66.7 Å². The van der Waals surface area contributed by atoms with Crippen LogP contribution in [0.25, 0.3) is 10.8 Å². The van der Waals surface area contributed by atoms with E-state index in [0.29, 0.717) is 0 Å². The summed E-state index contributed by atoms with van der Waals surface area (Å²) in [7, 11) is 0. The maximum Gasteiger partial charge on any atom is 0.322 e. The number of aliphatic hydroxyl groups excluding tert-OH is 1. The number of hydrogen-bond acceptors (Lipinski definition) is 3. The van der Waals surface area contributed by atoms with Crippen molar-refractivity contribution in [2.45, 2.75) is 32.9 Å². The Balaban J connectivity index is 1.61. The van der Waals surface area contributed by atoms with Gasteiger partial charge < -0.3 is 20.1 Å². The molecule has 29 heavy (non-hydrogen) atoms. The van der Waals surface area contributed by atoms with Gasteiger partial charge >= 0.3 is 6.03 Å². The number of aryl methyl sites for hydroxylation is 1. The Morgan fingerprint density at radius 3 is 2.45 bits per heavy atom. The van der Waals surface area contributed by atoms with Crippen molar-refractivity contribution in [1.29, 1.82) is 0 Å². The molecular formula is C24H28N2O3. The molecule has 0 fully saturated rings. The summed E-state index contributed by atoms with van der Waals surface area (Å²) in [4.78, 5) is 14.3. The normalized spacial score (nSPS) is 12.0. The summed E-state index contributed by atoms with van der Waals surface area (Å²) in [5.74, 6) is 0.724. The van der Waals surface area contributed by atoms with Gasteiger partial charge in [0, 0.05) is 17.1 Å². The van der Waals surface area contributed by atoms with E-state index < -0.39 is 6.10 Å². The Hall–Kier alpha value is -3.05. The number of carbonyl (C=O) groups is 1. The molecule has 0 aliphatic heterocycles. The van der Waals surface area contributed by atoms with Crippen molar-refractivity contribution in [3.63, 3.8) is 0 Å². The lowest BCUT2D eigenvalue weighted by Gasteiger charge is -2.29. The van der Waals surface area contributed by atoms with Gasteiger partial charge in [-0.3, -0.25) is 0 Å². The van der Waals surface area contributed by atoms with E-state index in [1.54, 1.807) is 4.90 Å². The Bertz CT molecular complexity index is 949. The predicted octanol–water partition coefficient (Wildman–Crippen LogP) is 4.83. The van der Waals surface area contributed by atoms with Gasteiger partial charge in [-0.15, -0.1) is 0 Å². The Morgan fingerprint density at radius 2 is 1.72 bits per heavy atom. The second kappa shape index (κ2) is 9.43. The monoisotopic (exact) mass is 392 g/mol. The minimum absolute atomic E-state index is 0.0624. The molecular weight excluding hydrogens is 364 g/mol. The molecule has 0 radical (unpaired) electrons. The number of fused-ring (bicyclic) bond motifs is 1. The first-order chi connectivity index (χ1) is 13.9. The molecule has 2 amide bonds. The fraction of sp³-hybridized carbons (Fsp3) is 0.292. The highest BCUT2D eigenvalue weighted by Crippen LogP contribution is 2.25. The first-order valence-electron chi connectivity index (χ1n) is 9.87. The molecule has 3 aromatic carbocycles. The number of amides is 2. The zero-order chi connectivity index (χ0) is 20.8. The molecule has 3 aromatic rings. The highest BCUT2D eigenvalue weighted by molar-refractivity contribution is 5.89. The molecule has 5 heteroatoms. The van der Waals surface area contributed by atoms with Crippen LogP contribution in [0.2, 0.25) is 0 Å². The molecule has 1 atom stereocenters. The van der Waals surface area contributed by atoms with Crippen molar-refractivity contribution in [2.24, 2.45) is 0 Å². The summed E-state index contributed by atoms with van der Waals surface area (Å²) in [6.45, 7) is 6.13. The second-order valence-corrected chi connectivity index (χ2v) is 7.48. The smallest absolute Gasteiger partial charge is 0.322 e. The third-order valence-electron chi connectivity index (χ3n) is 4.78. The summed E-state index contributed by atoms with van der Waals surface area (Å²) >= 11 is 0. The summed E-state index contributed by atoms with van der Waals surface area (Å²) in [6, 6.07) is 21.1. The van der Waals surface area contributed by atoms with Gasteiger partial charge in [0.2, 0.25) is 0 Å². The van der Waals surface area contributed by atoms with Crippen LogP contribution >= 0.6 is 0 Å². The van der Waals surface area contributed by atoms with Gasteiger partial charge in [0.15, 0.2) is 0 Å². The number of carbonyl (C=O) groups excluding carboxylic acids is 1. The summed E-state index contributed by atoms with van der Waals surface area (Å²) in [6.07, 6.45) is -0.805. The number of aliphatic hydroxyl groups is 1. The summed E-state index contributed by atoms with van der Waals surface area (Å²) < 4.78 is 5.86. The lowest BCUT2D eigenvalue weighted by Crippen LogP contribution is -2.45. The molecule has 0 spiro atoms. The standard InChI is InChI=1S/C24H28N2O3/c1-17(2)26(24(28)25-20-13-11-18(3)12-14-20)15-21(27)16-29-23-10-6-8-19-7-4-5-9-22(19)23/h4-14,17,21,27H,15-16H2,1-3H3,(H,25,28). The third kappa shape index (κ3) is 5.48. The van der Waals surface area contributed by atoms with Gasteiger partial charge in [-0.25, -0.2) is 4.79 Å². The van der Waals surface area contributed by atoms with E-state index in [1.165, 1.54) is 0 Å². The van der Waals surface area contributed by atoms with Gasteiger partial charge in [-0.1, -0.05) is 54.1 Å². The van der Waals surface area contributed by atoms with Crippen LogP contribution in [0.4, 0.5) is 10.5 Å². The van der Waals surface area contributed by atoms with Crippen molar-refractivity contribution in [3.05, 3.63) is 72.3 Å². The van der Waals surface area contributed by atoms with Crippen molar-refractivity contribution in [1.82, 2.24) is 4.90 Å². The number of nitrogens with one attached hydrogen (secondary N) is 1. The number of anilines is 1. The maximum atomic E-state index is 12.7. The van der Waals surface area contributed by atoms with Crippen molar-refractivity contribution in [2.75, 3.05) is 18.5 Å². The minimum Gasteiger partial charge on any atom is -0.490 e. The van der Waals surface area contributed by atoms with Crippen molar-refractivity contribution in [3.8, 4) is 5.75 Å². The first-order valence-corrected chi connectivity index (χ1v) is 9.87. The number of benzene rings is 3. The topological polar surface area (TPSA) is 61.8 Å². The van der Waals surface area contributed by atoms with Gasteiger partial charge in [0.1, 0.15) is 18.5 Å². The number of urea groups is 1. The van der Waals surface area contributed by atoms with Crippen LogP contribution in [0, 0.1) is 6.92 Å². The summed E-state index contributed by atoms with van der Waals surface area (Å²) in [5, 5.41) is 15.5. The molecule has 3 rings (SSSR count). The zero-order valence-corrected chi connectivity index (χ0v) is 17.1. The third-order valence-corrected chi connectivity index (χ3v) is 4.78. The van der Waals surface area contributed by atoms with E-state index in [-0.39, 0.29) is 25.2 Å². The molecule has 0 bridgehead atoms. The van der Waals surface area contributed by atoms with E-state index in [1.807, 2.05) is 87.5 Å². The zero-order valence-electron chi connectivity index (χ0n) is 17.1. The lowest BCUT2D eigenvalue weighted by molar-refractivity contribution is 0.0722. The summed E-state index contributed by atoms with van der Waals surface area (Å²) in [5.41, 5.74) is 1.86. The Kier molecular flexibility index (Phi) is 6.73. The number of nitrogens with zero attached hydrogens (tertiary/aromatic N) is 1. The molecule has 0 aromatic heterocycles. The van der Waals surface area contributed by atoms with Crippen LogP contribution in [-0.2, 0) is 0 Å². The fourth-order valence-electron chi connectivity index (χ4n) is 3.15. The fourth-order valence-corrected chi connectivity index (χ4v) is 3.15. The molecule has 5 nitrogen and oxygen atoms in total. The van der Waals surface area contributed by atoms with E-state index in [0.717, 1.165) is 27.8 Å². The van der Waals surface area contributed by atoms with E-state index in [9.17, 15) is 9.90 Å². The van der Waals surface area contributed by atoms with Crippen LogP contribution in [-0.4, -0.2) is 41.3 Å². The predicted molar refractivity (Wildman–Crippen MR) is 117 cm³/mol. The molecule has 0 saturated carbocycles. The SMILES string of the molecule is Cc1ccc(NC(=O)N(CC(O)COc2cccc3ccccc23)C(C)C)cc1. The number of hydrogen-bond donors (Lipinski definition) is 2. The van der Waals surface area contributed by atoms with Crippen LogP contribution in [0.5, 0.6) is 5.75 Å². The largest absolute Gasteiger partial charge is 0.490 e. The van der Waals surface area contributed by atoms with Gasteiger partial charge in [-0.05, 0) is 44.4 Å². The first kappa shape index (κ1) is 20.7. The lowest BCUT2D eigenvalue weighted by atomic mass is 10.1. The van der Waals surface area contributed by atoms with E-state index in [4.69, 9.17) is 4.74 Å². The second-order valence-electron chi connectivity index (χ2n) is 7.48. The van der Waals surface area contributed by atoms with Gasteiger partial charge in [-0.2, -0.15) is 0 Å². The average molecular weight is 392 g/mol.